The van der Waals surface area contributed by atoms with Gasteiger partial charge in [0.15, 0.2) is 5.82 Å². The van der Waals surface area contributed by atoms with Crippen molar-refractivity contribution in [1.82, 2.24) is 4.98 Å². The first kappa shape index (κ1) is 20.3. The van der Waals surface area contributed by atoms with Crippen molar-refractivity contribution in [1.29, 1.82) is 0 Å². The molecule has 1 atom stereocenters. The van der Waals surface area contributed by atoms with Gasteiger partial charge in [0.25, 0.3) is 0 Å². The molecule has 0 spiro atoms. The predicted octanol–water partition coefficient (Wildman–Crippen LogP) is 4.41. The van der Waals surface area contributed by atoms with Crippen LogP contribution in [-0.4, -0.2) is 21.4 Å². The van der Waals surface area contributed by atoms with E-state index in [-0.39, 0.29) is 5.56 Å². The zero-order valence-corrected chi connectivity index (χ0v) is 14.3. The van der Waals surface area contributed by atoms with Gasteiger partial charge < -0.3 is 10.2 Å². The van der Waals surface area contributed by atoms with E-state index in [1.165, 1.54) is 13.8 Å². The van der Waals surface area contributed by atoms with Crippen LogP contribution in [-0.2, 0) is 11.2 Å². The highest BCUT2D eigenvalue weighted by Crippen LogP contribution is 2.43. The van der Waals surface area contributed by atoms with Gasteiger partial charge in [-0.1, -0.05) is 6.92 Å². The lowest BCUT2D eigenvalue weighted by atomic mass is 9.89. The number of pyridine rings is 1. The number of rotatable bonds is 4. The number of aromatic nitrogens is 1. The summed E-state index contributed by atoms with van der Waals surface area (Å²) in [6.07, 6.45) is -5.83. The first-order chi connectivity index (χ1) is 11.8. The first-order valence-electron chi connectivity index (χ1n) is 7.80. The van der Waals surface area contributed by atoms with Crippen LogP contribution in [0, 0.1) is 11.6 Å². The fourth-order valence-corrected chi connectivity index (χ4v) is 2.51. The minimum absolute atomic E-state index is 0.0110. The Balaban J connectivity index is 2.83. The highest BCUT2D eigenvalue weighted by molar-refractivity contribution is 5.62. The molecule has 0 aliphatic carbocycles. The van der Waals surface area contributed by atoms with Gasteiger partial charge in [-0.05, 0) is 50.6 Å². The number of aliphatic hydroxyl groups is 2. The quantitative estimate of drug-likeness (QED) is 0.778. The van der Waals surface area contributed by atoms with Crippen molar-refractivity contribution in [3.63, 3.8) is 0 Å². The SMILES string of the molecule is CC[C@](O)(c1cc(C(C)(C)O)c(F)c(-c2ccc(F)cc2)n1)C(F)(F)F. The Bertz CT molecular complexity index is 797. The molecule has 0 saturated heterocycles. The van der Waals surface area contributed by atoms with Crippen LogP contribution in [0.5, 0.6) is 0 Å². The highest BCUT2D eigenvalue weighted by atomic mass is 19.4. The van der Waals surface area contributed by atoms with Crippen molar-refractivity contribution in [3.8, 4) is 11.3 Å². The van der Waals surface area contributed by atoms with Crippen LogP contribution in [0.4, 0.5) is 22.0 Å². The smallest absolute Gasteiger partial charge is 0.386 e. The largest absolute Gasteiger partial charge is 0.422 e. The van der Waals surface area contributed by atoms with Crippen LogP contribution in [0.15, 0.2) is 30.3 Å². The molecule has 1 heterocycles. The molecule has 1 aromatic carbocycles. The first-order valence-corrected chi connectivity index (χ1v) is 7.80. The molecule has 142 valence electrons. The molecule has 0 radical (unpaired) electrons. The molecule has 2 aromatic rings. The summed E-state index contributed by atoms with van der Waals surface area (Å²) < 4.78 is 68.2. The lowest BCUT2D eigenvalue weighted by molar-refractivity contribution is -0.269. The maximum Gasteiger partial charge on any atom is 0.422 e. The molecule has 0 saturated carbocycles. The Kier molecular flexibility index (Phi) is 5.13. The van der Waals surface area contributed by atoms with Gasteiger partial charge in [-0.2, -0.15) is 13.2 Å². The van der Waals surface area contributed by atoms with E-state index in [0.717, 1.165) is 31.2 Å². The monoisotopic (exact) mass is 375 g/mol. The molecular weight excluding hydrogens is 357 g/mol. The zero-order chi connectivity index (χ0) is 19.9. The molecule has 0 amide bonds. The second-order valence-corrected chi connectivity index (χ2v) is 6.50. The molecule has 0 fully saturated rings. The normalized spacial score (nSPS) is 15.0. The standard InChI is InChI=1S/C18H18F5NO2/c1-4-17(26,18(21,22)23)13-9-12(16(2,3)25)14(20)15(24-13)10-5-7-11(19)8-6-10/h5-9,25-26H,4H2,1-3H3/t17-/m0/s1. The summed E-state index contributed by atoms with van der Waals surface area (Å²) in [6.45, 7) is 3.50. The maximum atomic E-state index is 14.8. The van der Waals surface area contributed by atoms with Gasteiger partial charge in [0.05, 0.1) is 11.3 Å². The van der Waals surface area contributed by atoms with Crippen molar-refractivity contribution in [2.45, 2.75) is 44.6 Å². The van der Waals surface area contributed by atoms with Crippen LogP contribution in [0.2, 0.25) is 0 Å². The maximum absolute atomic E-state index is 14.8. The summed E-state index contributed by atoms with van der Waals surface area (Å²) >= 11 is 0. The molecule has 3 nitrogen and oxygen atoms in total. The van der Waals surface area contributed by atoms with Crippen LogP contribution in [0.3, 0.4) is 0 Å². The van der Waals surface area contributed by atoms with E-state index in [9.17, 15) is 32.2 Å². The molecule has 0 bridgehead atoms. The summed E-state index contributed by atoms with van der Waals surface area (Å²) in [4.78, 5) is 3.68. The second-order valence-electron chi connectivity index (χ2n) is 6.50. The Morgan fingerprint density at radius 2 is 1.54 bits per heavy atom. The van der Waals surface area contributed by atoms with Crippen LogP contribution < -0.4 is 0 Å². The molecular formula is C18H18F5NO2. The van der Waals surface area contributed by atoms with Crippen LogP contribution in [0.1, 0.15) is 38.4 Å². The van der Waals surface area contributed by atoms with E-state index in [4.69, 9.17) is 0 Å². The molecule has 0 aliphatic heterocycles. The molecule has 0 unspecified atom stereocenters. The van der Waals surface area contributed by atoms with E-state index < -0.39 is 52.4 Å². The fraction of sp³-hybridized carbons (Fsp3) is 0.389. The van der Waals surface area contributed by atoms with Gasteiger partial charge in [0, 0.05) is 11.1 Å². The van der Waals surface area contributed by atoms with Crippen LogP contribution in [0.25, 0.3) is 11.3 Å². The summed E-state index contributed by atoms with van der Waals surface area (Å²) in [5, 5.41) is 20.3. The number of alkyl halides is 3. The third-order valence-corrected chi connectivity index (χ3v) is 4.14. The topological polar surface area (TPSA) is 53.4 Å². The zero-order valence-electron chi connectivity index (χ0n) is 14.3. The minimum Gasteiger partial charge on any atom is -0.386 e. The van der Waals surface area contributed by atoms with Gasteiger partial charge >= 0.3 is 6.18 Å². The van der Waals surface area contributed by atoms with Crippen molar-refractivity contribution in [2.24, 2.45) is 0 Å². The Morgan fingerprint density at radius 3 is 1.96 bits per heavy atom. The highest BCUT2D eigenvalue weighted by Gasteiger charge is 2.55. The molecule has 26 heavy (non-hydrogen) atoms. The molecule has 8 heteroatoms. The van der Waals surface area contributed by atoms with E-state index in [1.807, 2.05) is 0 Å². The van der Waals surface area contributed by atoms with Gasteiger partial charge in [-0.25, -0.2) is 13.8 Å². The average Bonchev–Trinajstić information content (AvgIpc) is 2.53. The van der Waals surface area contributed by atoms with Gasteiger partial charge in [0.1, 0.15) is 11.5 Å². The number of halogens is 5. The summed E-state index contributed by atoms with van der Waals surface area (Å²) in [6, 6.07) is 5.01. The molecule has 1 aromatic heterocycles. The summed E-state index contributed by atoms with van der Waals surface area (Å²) in [5.74, 6) is -1.66. The van der Waals surface area contributed by atoms with Crippen molar-refractivity contribution < 1.29 is 32.2 Å². The number of hydrogen-bond donors (Lipinski definition) is 2. The number of benzene rings is 1. The number of hydrogen-bond acceptors (Lipinski definition) is 3. The molecule has 2 rings (SSSR count). The van der Waals surface area contributed by atoms with E-state index in [0.29, 0.717) is 6.07 Å². The lowest BCUT2D eigenvalue weighted by Crippen LogP contribution is -2.43. The summed E-state index contributed by atoms with van der Waals surface area (Å²) in [5.41, 5.74) is -6.97. The summed E-state index contributed by atoms with van der Waals surface area (Å²) in [7, 11) is 0. The van der Waals surface area contributed by atoms with Crippen LogP contribution >= 0.6 is 0 Å². The third-order valence-electron chi connectivity index (χ3n) is 4.14. The van der Waals surface area contributed by atoms with E-state index in [2.05, 4.69) is 4.98 Å². The van der Waals surface area contributed by atoms with Gasteiger partial charge in [0.2, 0.25) is 5.60 Å². The van der Waals surface area contributed by atoms with Gasteiger partial charge in [-0.3, -0.25) is 0 Å². The van der Waals surface area contributed by atoms with Crippen molar-refractivity contribution in [2.75, 3.05) is 0 Å². The minimum atomic E-state index is -5.07. The van der Waals surface area contributed by atoms with E-state index in [1.54, 1.807) is 0 Å². The Morgan fingerprint density at radius 1 is 1.00 bits per heavy atom. The average molecular weight is 375 g/mol. The van der Waals surface area contributed by atoms with E-state index >= 15 is 0 Å². The second kappa shape index (κ2) is 6.59. The Labute approximate surface area is 147 Å². The van der Waals surface area contributed by atoms with Crippen molar-refractivity contribution >= 4 is 0 Å². The predicted molar refractivity (Wildman–Crippen MR) is 85.1 cm³/mol. The van der Waals surface area contributed by atoms with Gasteiger partial charge in [-0.15, -0.1) is 0 Å². The fourth-order valence-electron chi connectivity index (χ4n) is 2.51. The Hall–Kier alpha value is -2.06. The lowest BCUT2D eigenvalue weighted by Gasteiger charge is -2.31. The number of nitrogens with zero attached hydrogens (tertiary/aromatic N) is 1. The molecule has 0 aliphatic rings. The molecule has 2 N–H and O–H groups in total. The third kappa shape index (κ3) is 3.57. The van der Waals surface area contributed by atoms with Crippen molar-refractivity contribution in [3.05, 3.63) is 53.2 Å².